The number of rotatable bonds is 8. The third kappa shape index (κ3) is 7.19. The zero-order valence-electron chi connectivity index (χ0n) is 14.1. The van der Waals surface area contributed by atoms with Crippen LogP contribution in [0.1, 0.15) is 20.8 Å². The summed E-state index contributed by atoms with van der Waals surface area (Å²) >= 11 is 11.7. The molecule has 2 atom stereocenters. The number of carbonyl (C=O) groups is 3. The molecule has 0 radical (unpaired) electrons. The van der Waals surface area contributed by atoms with Crippen LogP contribution in [0, 0.1) is 0 Å². The Balaban J connectivity index is 2.44. The smallest absolute Gasteiger partial charge is 0.347 e. The van der Waals surface area contributed by atoms with Gasteiger partial charge in [0.15, 0.2) is 12.7 Å². The SMILES string of the molecule is CCNC(=O)[C@H](C)NC(=O)COC(=O)[C@H](C)Oc1ccc(Cl)cc1Cl. The van der Waals surface area contributed by atoms with E-state index in [0.717, 1.165) is 0 Å². The Morgan fingerprint density at radius 2 is 1.88 bits per heavy atom. The number of amides is 2. The predicted molar refractivity (Wildman–Crippen MR) is 93.8 cm³/mol. The van der Waals surface area contributed by atoms with Crippen molar-refractivity contribution in [1.29, 1.82) is 0 Å². The number of ether oxygens (including phenoxy) is 2. The Labute approximate surface area is 155 Å². The largest absolute Gasteiger partial charge is 0.477 e. The molecule has 0 unspecified atom stereocenters. The molecule has 0 aliphatic rings. The average molecular weight is 391 g/mol. The maximum absolute atomic E-state index is 11.9. The predicted octanol–water partition coefficient (Wildman–Crippen LogP) is 1.94. The summed E-state index contributed by atoms with van der Waals surface area (Å²) in [6, 6.07) is 3.84. The molecule has 0 aliphatic heterocycles. The van der Waals surface area contributed by atoms with Crippen molar-refractivity contribution in [2.45, 2.75) is 32.9 Å². The minimum Gasteiger partial charge on any atom is -0.477 e. The number of hydrogen-bond donors (Lipinski definition) is 2. The molecule has 0 spiro atoms. The number of nitrogens with one attached hydrogen (secondary N) is 2. The second-order valence-electron chi connectivity index (χ2n) is 5.13. The van der Waals surface area contributed by atoms with Gasteiger partial charge in [0.25, 0.3) is 5.91 Å². The molecular weight excluding hydrogens is 371 g/mol. The van der Waals surface area contributed by atoms with Crippen LogP contribution >= 0.6 is 23.2 Å². The highest BCUT2D eigenvalue weighted by Gasteiger charge is 2.20. The monoisotopic (exact) mass is 390 g/mol. The third-order valence-corrected chi connectivity index (χ3v) is 3.53. The van der Waals surface area contributed by atoms with Crippen LogP contribution in [-0.2, 0) is 19.1 Å². The first-order valence-corrected chi connectivity index (χ1v) is 8.35. The summed E-state index contributed by atoms with van der Waals surface area (Å²) in [5.74, 6) is -1.39. The van der Waals surface area contributed by atoms with Gasteiger partial charge in [0.05, 0.1) is 5.02 Å². The Kier molecular flexibility index (Phi) is 8.51. The van der Waals surface area contributed by atoms with Crippen molar-refractivity contribution in [1.82, 2.24) is 10.6 Å². The Bertz CT molecular complexity index is 639. The molecule has 0 saturated carbocycles. The molecule has 25 heavy (non-hydrogen) atoms. The highest BCUT2D eigenvalue weighted by molar-refractivity contribution is 6.35. The van der Waals surface area contributed by atoms with Gasteiger partial charge in [-0.25, -0.2) is 4.79 Å². The fraction of sp³-hybridized carbons (Fsp3) is 0.438. The Morgan fingerprint density at radius 1 is 1.20 bits per heavy atom. The van der Waals surface area contributed by atoms with Crippen LogP contribution in [-0.4, -0.2) is 43.1 Å². The first kappa shape index (κ1) is 21.1. The summed E-state index contributed by atoms with van der Waals surface area (Å²) in [7, 11) is 0. The summed E-state index contributed by atoms with van der Waals surface area (Å²) in [6.07, 6.45) is -0.979. The zero-order chi connectivity index (χ0) is 19.0. The second kappa shape index (κ2) is 10.1. The number of carbonyl (C=O) groups excluding carboxylic acids is 3. The molecule has 138 valence electrons. The van der Waals surface area contributed by atoms with E-state index in [1.54, 1.807) is 13.0 Å². The first-order valence-electron chi connectivity index (χ1n) is 7.60. The molecule has 0 aromatic heterocycles. The summed E-state index contributed by atoms with van der Waals surface area (Å²) in [5.41, 5.74) is 0. The molecule has 0 bridgehead atoms. The van der Waals surface area contributed by atoms with Crippen LogP contribution < -0.4 is 15.4 Å². The van der Waals surface area contributed by atoms with Crippen molar-refractivity contribution in [3.05, 3.63) is 28.2 Å². The quantitative estimate of drug-likeness (QED) is 0.661. The van der Waals surface area contributed by atoms with Crippen LogP contribution in [0.15, 0.2) is 18.2 Å². The van der Waals surface area contributed by atoms with Crippen LogP contribution in [0.4, 0.5) is 0 Å². The van der Waals surface area contributed by atoms with E-state index < -0.39 is 30.6 Å². The minimum absolute atomic E-state index is 0.251. The molecule has 0 fully saturated rings. The summed E-state index contributed by atoms with van der Waals surface area (Å²) in [5, 5.41) is 5.67. The van der Waals surface area contributed by atoms with Gasteiger partial charge in [0.1, 0.15) is 11.8 Å². The van der Waals surface area contributed by atoms with Gasteiger partial charge in [-0.05, 0) is 39.0 Å². The lowest BCUT2D eigenvalue weighted by atomic mass is 10.3. The molecule has 1 rings (SSSR count). The Morgan fingerprint density at radius 3 is 2.48 bits per heavy atom. The van der Waals surface area contributed by atoms with Crippen molar-refractivity contribution < 1.29 is 23.9 Å². The van der Waals surface area contributed by atoms with Crippen LogP contribution in [0.25, 0.3) is 0 Å². The molecule has 0 heterocycles. The lowest BCUT2D eigenvalue weighted by molar-refractivity contribution is -0.155. The van der Waals surface area contributed by atoms with Crippen molar-refractivity contribution in [2.24, 2.45) is 0 Å². The average Bonchev–Trinajstić information content (AvgIpc) is 2.55. The number of benzene rings is 1. The molecule has 2 N–H and O–H groups in total. The number of hydrogen-bond acceptors (Lipinski definition) is 5. The second-order valence-corrected chi connectivity index (χ2v) is 5.97. The van der Waals surface area contributed by atoms with Gasteiger partial charge in [0.2, 0.25) is 5.91 Å². The van der Waals surface area contributed by atoms with Gasteiger partial charge in [-0.1, -0.05) is 23.2 Å². The number of halogens is 2. The van der Waals surface area contributed by atoms with E-state index in [1.807, 2.05) is 0 Å². The van der Waals surface area contributed by atoms with Gasteiger partial charge < -0.3 is 20.1 Å². The first-order chi connectivity index (χ1) is 11.7. The van der Waals surface area contributed by atoms with Crippen molar-refractivity contribution in [3.8, 4) is 5.75 Å². The van der Waals surface area contributed by atoms with Gasteiger partial charge in [-0.3, -0.25) is 9.59 Å². The van der Waals surface area contributed by atoms with E-state index >= 15 is 0 Å². The van der Waals surface area contributed by atoms with E-state index in [9.17, 15) is 14.4 Å². The standard InChI is InChI=1S/C16H20Cl2N2O5/c1-4-19-15(22)9(2)20-14(21)8-24-16(23)10(3)25-13-6-5-11(17)7-12(13)18/h5-7,9-10H,4,8H2,1-3H3,(H,19,22)(H,20,21)/t9-,10-/m0/s1. The lowest BCUT2D eigenvalue weighted by Crippen LogP contribution is -2.46. The topological polar surface area (TPSA) is 93.7 Å². The van der Waals surface area contributed by atoms with E-state index in [0.29, 0.717) is 11.6 Å². The number of likely N-dealkylation sites (N-methyl/N-ethyl adjacent to an activating group) is 1. The highest BCUT2D eigenvalue weighted by Crippen LogP contribution is 2.28. The molecule has 1 aromatic rings. The van der Waals surface area contributed by atoms with Gasteiger partial charge in [0, 0.05) is 11.6 Å². The fourth-order valence-electron chi connectivity index (χ4n) is 1.74. The van der Waals surface area contributed by atoms with Crippen LogP contribution in [0.3, 0.4) is 0 Å². The van der Waals surface area contributed by atoms with E-state index in [2.05, 4.69) is 10.6 Å². The maximum Gasteiger partial charge on any atom is 0.347 e. The molecule has 2 amide bonds. The van der Waals surface area contributed by atoms with Crippen LogP contribution in [0.2, 0.25) is 10.0 Å². The van der Waals surface area contributed by atoms with E-state index in [4.69, 9.17) is 32.7 Å². The maximum atomic E-state index is 11.9. The third-order valence-electron chi connectivity index (χ3n) is 3.00. The van der Waals surface area contributed by atoms with Gasteiger partial charge in [-0.15, -0.1) is 0 Å². The summed E-state index contributed by atoms with van der Waals surface area (Å²) < 4.78 is 10.2. The fourth-order valence-corrected chi connectivity index (χ4v) is 2.19. The number of esters is 1. The van der Waals surface area contributed by atoms with Gasteiger partial charge in [-0.2, -0.15) is 0 Å². The van der Waals surface area contributed by atoms with E-state index in [-0.39, 0.29) is 16.7 Å². The summed E-state index contributed by atoms with van der Waals surface area (Å²) in [6.45, 7) is 4.69. The Hall–Kier alpha value is -1.99. The molecular formula is C16H20Cl2N2O5. The van der Waals surface area contributed by atoms with Crippen molar-refractivity contribution >= 4 is 41.0 Å². The molecule has 1 aromatic carbocycles. The zero-order valence-corrected chi connectivity index (χ0v) is 15.6. The van der Waals surface area contributed by atoms with Gasteiger partial charge >= 0.3 is 5.97 Å². The lowest BCUT2D eigenvalue weighted by Gasteiger charge is -2.16. The molecule has 0 aliphatic carbocycles. The van der Waals surface area contributed by atoms with Crippen molar-refractivity contribution in [2.75, 3.05) is 13.2 Å². The van der Waals surface area contributed by atoms with E-state index in [1.165, 1.54) is 26.0 Å². The summed E-state index contributed by atoms with van der Waals surface area (Å²) in [4.78, 5) is 35.1. The normalized spacial score (nSPS) is 12.7. The minimum atomic E-state index is -0.979. The van der Waals surface area contributed by atoms with Crippen LogP contribution in [0.5, 0.6) is 5.75 Å². The highest BCUT2D eigenvalue weighted by atomic mass is 35.5. The van der Waals surface area contributed by atoms with Crippen molar-refractivity contribution in [3.63, 3.8) is 0 Å². The molecule has 9 heteroatoms. The molecule has 7 nitrogen and oxygen atoms in total. The molecule has 0 saturated heterocycles.